The number of nitrogens with one attached hydrogen (secondary N) is 1. The van der Waals surface area contributed by atoms with E-state index in [0.717, 1.165) is 40.9 Å². The number of aliphatic carboxylic acids is 1. The number of aryl methyl sites for hydroxylation is 1. The van der Waals surface area contributed by atoms with Gasteiger partial charge < -0.3 is 9.84 Å². The standard InChI is InChI=1S/C27H21ClN2O4S3/c1-14-25(29-27(33)34-15(2)16-6-4-3-5-7-16)26(37-30-14)23-13-22-21(36-23)12-20(35-22)18-9-8-17(11-24(31)32)19(28)10-18/h3-10,12-13,15H,11H2,1-2H3,(H,29,33)(H,31,32). The molecular formula is C27H21ClN2O4S3. The van der Waals surface area contributed by atoms with Gasteiger partial charge in [-0.1, -0.05) is 54.1 Å². The van der Waals surface area contributed by atoms with Crippen LogP contribution in [0.4, 0.5) is 10.5 Å². The number of hydrogen-bond donors (Lipinski definition) is 2. The number of halogens is 1. The lowest BCUT2D eigenvalue weighted by Crippen LogP contribution is -2.16. The summed E-state index contributed by atoms with van der Waals surface area (Å²) in [6.07, 6.45) is -1.01. The number of anilines is 1. The maximum Gasteiger partial charge on any atom is 0.412 e. The number of thiophene rings is 2. The summed E-state index contributed by atoms with van der Waals surface area (Å²) in [6.45, 7) is 3.70. The molecule has 0 spiro atoms. The van der Waals surface area contributed by atoms with Crippen LogP contribution in [0.5, 0.6) is 0 Å². The fraction of sp³-hybridized carbons (Fsp3) is 0.148. The first kappa shape index (κ1) is 25.4. The number of carbonyl (C=O) groups is 2. The average Bonchev–Trinajstić information content (AvgIpc) is 3.54. The Morgan fingerprint density at radius 2 is 1.76 bits per heavy atom. The first-order chi connectivity index (χ1) is 17.8. The van der Waals surface area contributed by atoms with Crippen LogP contribution in [0.2, 0.25) is 5.02 Å². The molecule has 0 fully saturated rings. The van der Waals surface area contributed by atoms with Crippen molar-refractivity contribution in [3.8, 4) is 20.2 Å². The van der Waals surface area contributed by atoms with Gasteiger partial charge in [-0.3, -0.25) is 10.1 Å². The summed E-state index contributed by atoms with van der Waals surface area (Å²) in [4.78, 5) is 26.6. The first-order valence-corrected chi connectivity index (χ1v) is 14.1. The smallest absolute Gasteiger partial charge is 0.412 e. The maximum absolute atomic E-state index is 12.7. The average molecular weight is 569 g/mol. The summed E-state index contributed by atoms with van der Waals surface area (Å²) in [7, 11) is 0. The van der Waals surface area contributed by atoms with Gasteiger partial charge in [0.15, 0.2) is 0 Å². The van der Waals surface area contributed by atoms with Crippen molar-refractivity contribution >= 4 is 73.0 Å². The normalized spacial score (nSPS) is 12.0. The molecule has 1 atom stereocenters. The van der Waals surface area contributed by atoms with E-state index >= 15 is 0 Å². The predicted octanol–water partition coefficient (Wildman–Crippen LogP) is 8.65. The lowest BCUT2D eigenvalue weighted by atomic mass is 10.1. The number of carboxylic acids is 1. The number of amides is 1. The van der Waals surface area contributed by atoms with Gasteiger partial charge in [0.25, 0.3) is 0 Å². The number of carboxylic acid groups (broad SMARTS) is 1. The number of ether oxygens (including phenoxy) is 1. The summed E-state index contributed by atoms with van der Waals surface area (Å²) in [5, 5.41) is 12.4. The van der Waals surface area contributed by atoms with Crippen LogP contribution in [0.25, 0.3) is 29.6 Å². The van der Waals surface area contributed by atoms with E-state index in [1.54, 1.807) is 28.7 Å². The Morgan fingerprint density at radius 1 is 1.05 bits per heavy atom. The topological polar surface area (TPSA) is 88.5 Å². The predicted molar refractivity (Wildman–Crippen MR) is 152 cm³/mol. The van der Waals surface area contributed by atoms with Gasteiger partial charge in [0.1, 0.15) is 6.10 Å². The quantitative estimate of drug-likeness (QED) is 0.205. The Bertz CT molecular complexity index is 1580. The highest BCUT2D eigenvalue weighted by atomic mass is 35.5. The Balaban J connectivity index is 1.35. The molecule has 0 aliphatic carbocycles. The summed E-state index contributed by atoms with van der Waals surface area (Å²) in [6, 6.07) is 19.3. The van der Waals surface area contributed by atoms with Gasteiger partial charge in [0.2, 0.25) is 0 Å². The van der Waals surface area contributed by atoms with Gasteiger partial charge in [0, 0.05) is 19.3 Å². The second-order valence-corrected chi connectivity index (χ2v) is 11.7. The molecular weight excluding hydrogens is 548 g/mol. The minimum Gasteiger partial charge on any atom is -0.481 e. The van der Waals surface area contributed by atoms with Crippen molar-refractivity contribution in [1.82, 2.24) is 4.37 Å². The van der Waals surface area contributed by atoms with Crippen LogP contribution < -0.4 is 5.32 Å². The molecule has 0 radical (unpaired) electrons. The number of nitrogens with zero attached hydrogens (tertiary/aromatic N) is 1. The van der Waals surface area contributed by atoms with Crippen LogP contribution in [-0.4, -0.2) is 21.5 Å². The van der Waals surface area contributed by atoms with Crippen molar-refractivity contribution in [2.24, 2.45) is 0 Å². The fourth-order valence-corrected chi connectivity index (χ4v) is 7.45. The molecule has 3 aromatic heterocycles. The van der Waals surface area contributed by atoms with Gasteiger partial charge in [-0.15, -0.1) is 22.7 Å². The zero-order valence-corrected chi connectivity index (χ0v) is 23.0. The third kappa shape index (κ3) is 5.55. The zero-order chi connectivity index (χ0) is 26.1. The molecule has 3 heterocycles. The summed E-state index contributed by atoms with van der Waals surface area (Å²) < 4.78 is 12.3. The Kier molecular flexibility index (Phi) is 7.30. The number of carbonyl (C=O) groups excluding carboxylic acids is 1. The van der Waals surface area contributed by atoms with Gasteiger partial charge in [-0.2, -0.15) is 4.37 Å². The van der Waals surface area contributed by atoms with Gasteiger partial charge in [-0.05, 0) is 60.3 Å². The van der Waals surface area contributed by atoms with Gasteiger partial charge in [-0.25, -0.2) is 4.79 Å². The van der Waals surface area contributed by atoms with E-state index in [0.29, 0.717) is 16.3 Å². The fourth-order valence-electron chi connectivity index (χ4n) is 3.87. The number of aromatic nitrogens is 1. The van der Waals surface area contributed by atoms with Crippen molar-refractivity contribution in [2.45, 2.75) is 26.4 Å². The van der Waals surface area contributed by atoms with Crippen molar-refractivity contribution in [1.29, 1.82) is 0 Å². The Labute approximate surface area is 230 Å². The summed E-state index contributed by atoms with van der Waals surface area (Å²) in [5.41, 5.74) is 3.85. The van der Waals surface area contributed by atoms with Crippen molar-refractivity contribution < 1.29 is 19.4 Å². The van der Waals surface area contributed by atoms with Crippen molar-refractivity contribution in [2.75, 3.05) is 5.32 Å². The van der Waals surface area contributed by atoms with E-state index in [2.05, 4.69) is 21.8 Å². The van der Waals surface area contributed by atoms with E-state index in [1.165, 1.54) is 11.5 Å². The lowest BCUT2D eigenvalue weighted by Gasteiger charge is -2.14. The van der Waals surface area contributed by atoms with Gasteiger partial charge in [0.05, 0.1) is 27.6 Å². The van der Waals surface area contributed by atoms with Crippen LogP contribution in [0.15, 0.2) is 60.7 Å². The van der Waals surface area contributed by atoms with Crippen LogP contribution in [0.3, 0.4) is 0 Å². The van der Waals surface area contributed by atoms with Crippen molar-refractivity contribution in [3.05, 3.63) is 82.5 Å². The highest BCUT2D eigenvalue weighted by molar-refractivity contribution is 7.32. The van der Waals surface area contributed by atoms with E-state index in [-0.39, 0.29) is 12.5 Å². The SMILES string of the molecule is Cc1nsc(-c2cc3sc(-c4ccc(CC(=O)O)c(Cl)c4)cc3s2)c1NC(=O)OC(C)c1ccccc1. The molecule has 0 aliphatic heterocycles. The molecule has 1 unspecified atom stereocenters. The molecule has 5 rings (SSSR count). The summed E-state index contributed by atoms with van der Waals surface area (Å²) in [5.74, 6) is -0.912. The first-order valence-electron chi connectivity index (χ1n) is 11.3. The molecule has 5 aromatic rings. The minimum atomic E-state index is -0.912. The van der Waals surface area contributed by atoms with Gasteiger partial charge >= 0.3 is 12.1 Å². The Morgan fingerprint density at radius 3 is 2.46 bits per heavy atom. The van der Waals surface area contributed by atoms with E-state index in [1.807, 2.05) is 56.3 Å². The molecule has 37 heavy (non-hydrogen) atoms. The van der Waals surface area contributed by atoms with E-state index in [9.17, 15) is 9.59 Å². The molecule has 0 aliphatic rings. The number of fused-ring (bicyclic) bond motifs is 1. The second kappa shape index (κ2) is 10.6. The molecule has 2 N–H and O–H groups in total. The monoisotopic (exact) mass is 568 g/mol. The maximum atomic E-state index is 12.7. The van der Waals surface area contributed by atoms with Crippen LogP contribution >= 0.6 is 45.8 Å². The molecule has 10 heteroatoms. The molecule has 2 aromatic carbocycles. The van der Waals surface area contributed by atoms with E-state index in [4.69, 9.17) is 21.4 Å². The minimum absolute atomic E-state index is 0.106. The molecule has 0 saturated heterocycles. The number of hydrogen-bond acceptors (Lipinski definition) is 7. The molecule has 0 bridgehead atoms. The van der Waals surface area contributed by atoms with E-state index < -0.39 is 12.1 Å². The van der Waals surface area contributed by atoms with Crippen LogP contribution in [0, 0.1) is 6.92 Å². The third-order valence-corrected chi connectivity index (χ3v) is 9.57. The zero-order valence-electron chi connectivity index (χ0n) is 19.8. The van der Waals surface area contributed by atoms with Crippen molar-refractivity contribution in [3.63, 3.8) is 0 Å². The largest absolute Gasteiger partial charge is 0.481 e. The molecule has 6 nitrogen and oxygen atoms in total. The summed E-state index contributed by atoms with van der Waals surface area (Å²) >= 11 is 10.9. The number of rotatable bonds is 7. The third-order valence-electron chi connectivity index (χ3n) is 5.75. The molecule has 1 amide bonds. The number of benzene rings is 2. The Hall–Kier alpha value is -3.24. The van der Waals surface area contributed by atoms with Crippen LogP contribution in [-0.2, 0) is 16.0 Å². The molecule has 0 saturated carbocycles. The highest BCUT2D eigenvalue weighted by Crippen LogP contribution is 2.45. The van der Waals surface area contributed by atoms with Crippen LogP contribution in [0.1, 0.15) is 29.8 Å². The highest BCUT2D eigenvalue weighted by Gasteiger charge is 2.20. The lowest BCUT2D eigenvalue weighted by molar-refractivity contribution is -0.136. The molecule has 188 valence electrons. The second-order valence-electron chi connectivity index (χ2n) is 8.38.